The molecule has 0 aromatic heterocycles. The zero-order chi connectivity index (χ0) is 16.1. The molecule has 0 amide bonds. The van der Waals surface area contributed by atoms with Crippen molar-refractivity contribution in [3.05, 3.63) is 77.1 Å². The normalized spacial score (nSPS) is 11.2. The molecular formula is C19H20FNO. The van der Waals surface area contributed by atoms with Crippen molar-refractivity contribution in [2.45, 2.75) is 13.8 Å². The van der Waals surface area contributed by atoms with E-state index in [0.717, 1.165) is 16.7 Å². The topological polar surface area (TPSA) is 35.2 Å². The number of para-hydroxylation sites is 1. The summed E-state index contributed by atoms with van der Waals surface area (Å²) in [7, 11) is 1.46. The average Bonchev–Trinajstić information content (AvgIpc) is 2.50. The number of anilines is 1. The maximum Gasteiger partial charge on any atom is 0.172 e. The Bertz CT molecular complexity index is 728. The van der Waals surface area contributed by atoms with E-state index in [1.807, 2.05) is 50.3 Å². The first kappa shape index (κ1) is 15.8. The van der Waals surface area contributed by atoms with Crippen LogP contribution in [-0.2, 0) is 0 Å². The summed E-state index contributed by atoms with van der Waals surface area (Å²) in [5, 5.41) is 0. The lowest BCUT2D eigenvalue weighted by Crippen LogP contribution is -1.99. The van der Waals surface area contributed by atoms with Gasteiger partial charge in [0.1, 0.15) is 0 Å². The molecule has 0 spiro atoms. The fourth-order valence-electron chi connectivity index (χ4n) is 2.19. The SMILES string of the molecule is COc1cccc(/C(=C\C=C(C)C)c2ccccc2N)c1F. The maximum absolute atomic E-state index is 14.6. The van der Waals surface area contributed by atoms with Crippen molar-refractivity contribution < 1.29 is 9.13 Å². The van der Waals surface area contributed by atoms with Crippen LogP contribution >= 0.6 is 0 Å². The smallest absolute Gasteiger partial charge is 0.172 e. The van der Waals surface area contributed by atoms with Crippen LogP contribution in [0.25, 0.3) is 5.57 Å². The summed E-state index contributed by atoms with van der Waals surface area (Å²) < 4.78 is 19.7. The van der Waals surface area contributed by atoms with Crippen LogP contribution in [0.4, 0.5) is 10.1 Å². The Kier molecular flexibility index (Phi) is 4.99. The highest BCUT2D eigenvalue weighted by atomic mass is 19.1. The molecule has 0 aliphatic rings. The number of nitrogen functional groups attached to an aromatic ring is 1. The molecule has 3 heteroatoms. The quantitative estimate of drug-likeness (QED) is 0.649. The number of nitrogens with two attached hydrogens (primary N) is 1. The zero-order valence-electron chi connectivity index (χ0n) is 13.1. The molecule has 0 bridgehead atoms. The Morgan fingerprint density at radius 2 is 1.68 bits per heavy atom. The standard InChI is InChI=1S/C19H20FNO/c1-13(2)11-12-14(15-7-4-5-9-17(15)21)16-8-6-10-18(22-3)19(16)20/h4-12H,21H2,1-3H3/b14-12-. The Morgan fingerprint density at radius 3 is 2.32 bits per heavy atom. The molecule has 0 aliphatic carbocycles. The lowest BCUT2D eigenvalue weighted by atomic mass is 9.95. The summed E-state index contributed by atoms with van der Waals surface area (Å²) in [6.45, 7) is 3.98. The first-order chi connectivity index (χ1) is 10.5. The number of hydrogen-bond donors (Lipinski definition) is 1. The van der Waals surface area contributed by atoms with Crippen molar-refractivity contribution in [1.82, 2.24) is 0 Å². The van der Waals surface area contributed by atoms with Crippen molar-refractivity contribution in [3.63, 3.8) is 0 Å². The van der Waals surface area contributed by atoms with E-state index in [2.05, 4.69) is 0 Å². The number of halogens is 1. The second kappa shape index (κ2) is 6.94. The van der Waals surface area contributed by atoms with Gasteiger partial charge in [0, 0.05) is 16.8 Å². The number of rotatable bonds is 4. The summed E-state index contributed by atoms with van der Waals surface area (Å²) in [4.78, 5) is 0. The van der Waals surface area contributed by atoms with Gasteiger partial charge < -0.3 is 10.5 Å². The predicted molar refractivity (Wildman–Crippen MR) is 90.3 cm³/mol. The maximum atomic E-state index is 14.6. The Morgan fingerprint density at radius 1 is 1.00 bits per heavy atom. The lowest BCUT2D eigenvalue weighted by Gasteiger charge is -2.13. The molecule has 0 fully saturated rings. The highest BCUT2D eigenvalue weighted by Crippen LogP contribution is 2.33. The second-order valence-electron chi connectivity index (χ2n) is 5.23. The van der Waals surface area contributed by atoms with Crippen LogP contribution in [0.15, 0.2) is 60.2 Å². The van der Waals surface area contributed by atoms with E-state index in [9.17, 15) is 4.39 Å². The van der Waals surface area contributed by atoms with Gasteiger partial charge in [0.15, 0.2) is 11.6 Å². The highest BCUT2D eigenvalue weighted by Gasteiger charge is 2.15. The van der Waals surface area contributed by atoms with E-state index in [1.165, 1.54) is 7.11 Å². The third-order valence-corrected chi connectivity index (χ3v) is 3.31. The first-order valence-electron chi connectivity index (χ1n) is 7.07. The van der Waals surface area contributed by atoms with Gasteiger partial charge >= 0.3 is 0 Å². The zero-order valence-corrected chi connectivity index (χ0v) is 13.1. The lowest BCUT2D eigenvalue weighted by molar-refractivity contribution is 0.386. The third kappa shape index (κ3) is 3.37. The van der Waals surface area contributed by atoms with Crippen LogP contribution < -0.4 is 10.5 Å². The molecular weight excluding hydrogens is 277 g/mol. The molecule has 22 heavy (non-hydrogen) atoms. The largest absolute Gasteiger partial charge is 0.494 e. The fourth-order valence-corrected chi connectivity index (χ4v) is 2.19. The van der Waals surface area contributed by atoms with Crippen LogP contribution in [0.2, 0.25) is 0 Å². The van der Waals surface area contributed by atoms with Crippen molar-refractivity contribution in [1.29, 1.82) is 0 Å². The molecule has 0 radical (unpaired) electrons. The van der Waals surface area contributed by atoms with Gasteiger partial charge in [-0.1, -0.05) is 48.1 Å². The number of methoxy groups -OCH3 is 1. The van der Waals surface area contributed by atoms with Crippen molar-refractivity contribution in [3.8, 4) is 5.75 Å². The Balaban J connectivity index is 2.68. The number of allylic oxidation sites excluding steroid dienone is 3. The van der Waals surface area contributed by atoms with Crippen LogP contribution in [0.1, 0.15) is 25.0 Å². The second-order valence-corrected chi connectivity index (χ2v) is 5.23. The highest BCUT2D eigenvalue weighted by molar-refractivity contribution is 5.86. The molecule has 2 nitrogen and oxygen atoms in total. The van der Waals surface area contributed by atoms with Gasteiger partial charge in [0.05, 0.1) is 7.11 Å². The van der Waals surface area contributed by atoms with Crippen LogP contribution in [0.3, 0.4) is 0 Å². The summed E-state index contributed by atoms with van der Waals surface area (Å²) in [5.41, 5.74) is 9.80. The predicted octanol–water partition coefficient (Wildman–Crippen LogP) is 4.81. The van der Waals surface area contributed by atoms with Gasteiger partial charge in [0.2, 0.25) is 0 Å². The van der Waals surface area contributed by atoms with E-state index in [-0.39, 0.29) is 11.6 Å². The molecule has 0 unspecified atom stereocenters. The molecule has 114 valence electrons. The van der Waals surface area contributed by atoms with Crippen LogP contribution in [-0.4, -0.2) is 7.11 Å². The minimum Gasteiger partial charge on any atom is -0.494 e. The van der Waals surface area contributed by atoms with Gasteiger partial charge in [-0.2, -0.15) is 0 Å². The van der Waals surface area contributed by atoms with E-state index in [1.54, 1.807) is 18.2 Å². The third-order valence-electron chi connectivity index (χ3n) is 3.31. The molecule has 2 rings (SSSR count). The fraction of sp³-hybridized carbons (Fsp3) is 0.158. The number of benzene rings is 2. The van der Waals surface area contributed by atoms with Crippen LogP contribution in [0, 0.1) is 5.82 Å². The molecule has 0 saturated carbocycles. The Hall–Kier alpha value is -2.55. The van der Waals surface area contributed by atoms with Gasteiger partial charge in [-0.3, -0.25) is 0 Å². The minimum absolute atomic E-state index is 0.218. The monoisotopic (exact) mass is 297 g/mol. The summed E-state index contributed by atoms with van der Waals surface area (Å²) in [6, 6.07) is 12.6. The first-order valence-corrected chi connectivity index (χ1v) is 7.07. The Labute approximate surface area is 130 Å². The van der Waals surface area contributed by atoms with E-state index in [0.29, 0.717) is 11.3 Å². The molecule has 2 N–H and O–H groups in total. The van der Waals surface area contributed by atoms with Crippen molar-refractivity contribution >= 4 is 11.3 Å². The number of hydrogen-bond acceptors (Lipinski definition) is 2. The van der Waals surface area contributed by atoms with Crippen LogP contribution in [0.5, 0.6) is 5.75 Å². The van der Waals surface area contributed by atoms with Gasteiger partial charge in [-0.15, -0.1) is 0 Å². The van der Waals surface area contributed by atoms with E-state index < -0.39 is 0 Å². The van der Waals surface area contributed by atoms with Gasteiger partial charge in [-0.05, 0) is 31.6 Å². The summed E-state index contributed by atoms with van der Waals surface area (Å²) in [5.74, 6) is -0.170. The molecule has 0 aliphatic heterocycles. The molecule has 0 heterocycles. The van der Waals surface area contributed by atoms with Gasteiger partial charge in [0.25, 0.3) is 0 Å². The minimum atomic E-state index is -0.387. The van der Waals surface area contributed by atoms with E-state index >= 15 is 0 Å². The summed E-state index contributed by atoms with van der Waals surface area (Å²) in [6.07, 6.45) is 3.83. The van der Waals surface area contributed by atoms with E-state index in [4.69, 9.17) is 10.5 Å². The molecule has 2 aromatic carbocycles. The van der Waals surface area contributed by atoms with Gasteiger partial charge in [-0.25, -0.2) is 4.39 Å². The van der Waals surface area contributed by atoms with Crippen molar-refractivity contribution in [2.75, 3.05) is 12.8 Å². The summed E-state index contributed by atoms with van der Waals surface area (Å²) >= 11 is 0. The molecule has 0 atom stereocenters. The van der Waals surface area contributed by atoms with Crippen molar-refractivity contribution in [2.24, 2.45) is 0 Å². The average molecular weight is 297 g/mol. The molecule has 2 aromatic rings. The number of ether oxygens (including phenoxy) is 1. The molecule has 0 saturated heterocycles.